The van der Waals surface area contributed by atoms with Crippen LogP contribution in [-0.4, -0.2) is 33.5 Å². The highest BCUT2D eigenvalue weighted by Crippen LogP contribution is 2.20. The number of carbonyl (C=O) groups is 2. The zero-order valence-electron chi connectivity index (χ0n) is 13.2. The largest absolute Gasteiger partial charge is 0.481 e. The molecule has 2 amide bonds. The van der Waals surface area contributed by atoms with E-state index in [1.807, 2.05) is 18.2 Å². The Labute approximate surface area is 140 Å². The predicted octanol–water partition coefficient (Wildman–Crippen LogP) is 2.37. The number of pyridine rings is 1. The van der Waals surface area contributed by atoms with Gasteiger partial charge in [-0.25, -0.2) is 4.79 Å². The molecule has 2 aromatic rings. The molecule has 0 bridgehead atoms. The van der Waals surface area contributed by atoms with Gasteiger partial charge in [-0.15, -0.1) is 0 Å². The van der Waals surface area contributed by atoms with E-state index in [0.29, 0.717) is 18.7 Å². The van der Waals surface area contributed by atoms with Gasteiger partial charge in [-0.2, -0.15) is 0 Å². The monoisotopic (exact) mass is 325 g/mol. The van der Waals surface area contributed by atoms with Crippen LogP contribution < -0.4 is 5.32 Å². The van der Waals surface area contributed by atoms with E-state index in [0.717, 1.165) is 12.0 Å². The highest BCUT2D eigenvalue weighted by molar-refractivity contribution is 5.76. The van der Waals surface area contributed by atoms with Gasteiger partial charge in [-0.1, -0.05) is 30.3 Å². The van der Waals surface area contributed by atoms with Crippen LogP contribution in [0.5, 0.6) is 0 Å². The number of fused-ring (bicyclic) bond motifs is 1. The second-order valence-electron chi connectivity index (χ2n) is 5.83. The number of carbonyl (C=O) groups excluding carboxylic acids is 1. The first-order valence-corrected chi connectivity index (χ1v) is 7.87. The Morgan fingerprint density at radius 2 is 2.00 bits per heavy atom. The first-order chi connectivity index (χ1) is 11.6. The number of carboxylic acid groups (broad SMARTS) is 1. The minimum atomic E-state index is -0.965. The molecular formula is C18H19N3O3. The Hall–Kier alpha value is -2.89. The molecule has 2 heterocycles. The fourth-order valence-electron chi connectivity index (χ4n) is 2.92. The van der Waals surface area contributed by atoms with Crippen LogP contribution in [0.1, 0.15) is 29.2 Å². The van der Waals surface area contributed by atoms with Gasteiger partial charge in [-0.3, -0.25) is 9.78 Å². The van der Waals surface area contributed by atoms with Crippen LogP contribution in [0.3, 0.4) is 0 Å². The van der Waals surface area contributed by atoms with Crippen LogP contribution in [0, 0.1) is 0 Å². The number of aromatic nitrogens is 1. The lowest BCUT2D eigenvalue weighted by Gasteiger charge is -2.30. The smallest absolute Gasteiger partial charge is 0.318 e. The van der Waals surface area contributed by atoms with Crippen molar-refractivity contribution in [1.29, 1.82) is 0 Å². The maximum atomic E-state index is 12.6. The molecule has 0 spiro atoms. The summed E-state index contributed by atoms with van der Waals surface area (Å²) in [5.74, 6) is -0.965. The van der Waals surface area contributed by atoms with Crippen LogP contribution in [0.15, 0.2) is 48.8 Å². The summed E-state index contributed by atoms with van der Waals surface area (Å²) < 4.78 is 0. The van der Waals surface area contributed by atoms with Gasteiger partial charge in [0.05, 0.1) is 12.5 Å². The molecule has 0 aliphatic carbocycles. The number of rotatable bonds is 4. The van der Waals surface area contributed by atoms with Gasteiger partial charge in [0.25, 0.3) is 0 Å². The highest BCUT2D eigenvalue weighted by atomic mass is 16.4. The molecule has 24 heavy (non-hydrogen) atoms. The van der Waals surface area contributed by atoms with E-state index in [1.165, 1.54) is 5.56 Å². The van der Waals surface area contributed by atoms with Crippen molar-refractivity contribution < 1.29 is 14.7 Å². The number of nitrogens with one attached hydrogen (secondary N) is 1. The van der Waals surface area contributed by atoms with E-state index in [-0.39, 0.29) is 12.5 Å². The maximum absolute atomic E-state index is 12.6. The predicted molar refractivity (Wildman–Crippen MR) is 88.3 cm³/mol. The van der Waals surface area contributed by atoms with Crippen LogP contribution >= 0.6 is 0 Å². The Kier molecular flexibility index (Phi) is 4.74. The third kappa shape index (κ3) is 3.71. The minimum absolute atomic E-state index is 0.179. The van der Waals surface area contributed by atoms with Gasteiger partial charge < -0.3 is 15.3 Å². The van der Waals surface area contributed by atoms with Crippen molar-refractivity contribution in [3.05, 3.63) is 65.5 Å². The molecule has 1 atom stereocenters. The van der Waals surface area contributed by atoms with Gasteiger partial charge in [-0.05, 0) is 29.2 Å². The second kappa shape index (κ2) is 7.12. The first-order valence-electron chi connectivity index (χ1n) is 7.87. The zero-order valence-corrected chi connectivity index (χ0v) is 13.2. The van der Waals surface area contributed by atoms with E-state index in [9.17, 15) is 9.59 Å². The number of hydrogen-bond acceptors (Lipinski definition) is 3. The third-order valence-electron chi connectivity index (χ3n) is 4.18. The molecule has 1 aliphatic heterocycles. The molecular weight excluding hydrogens is 306 g/mol. The average Bonchev–Trinajstić information content (AvgIpc) is 2.61. The molecule has 0 saturated heterocycles. The molecule has 124 valence electrons. The van der Waals surface area contributed by atoms with Gasteiger partial charge in [0.1, 0.15) is 0 Å². The van der Waals surface area contributed by atoms with Gasteiger partial charge in [0.2, 0.25) is 0 Å². The minimum Gasteiger partial charge on any atom is -0.481 e. The van der Waals surface area contributed by atoms with Crippen LogP contribution in [-0.2, 0) is 17.8 Å². The van der Waals surface area contributed by atoms with Crippen molar-refractivity contribution in [3.63, 3.8) is 0 Å². The number of nitrogens with zero attached hydrogens (tertiary/aromatic N) is 2. The van der Waals surface area contributed by atoms with Crippen molar-refractivity contribution in [1.82, 2.24) is 15.2 Å². The lowest BCUT2D eigenvalue weighted by molar-refractivity contribution is -0.137. The van der Waals surface area contributed by atoms with E-state index in [2.05, 4.69) is 16.4 Å². The Bertz CT molecular complexity index is 733. The summed E-state index contributed by atoms with van der Waals surface area (Å²) in [6.45, 7) is 1.16. The Morgan fingerprint density at radius 1 is 1.21 bits per heavy atom. The van der Waals surface area contributed by atoms with Crippen molar-refractivity contribution in [2.75, 3.05) is 6.54 Å². The van der Waals surface area contributed by atoms with Gasteiger partial charge in [0, 0.05) is 25.5 Å². The lowest BCUT2D eigenvalue weighted by Crippen LogP contribution is -2.44. The Balaban J connectivity index is 1.71. The standard InChI is InChI=1S/C18H19N3O3/c22-17(23)10-16(14-6-3-8-19-11-14)20-18(24)21-9-7-13-4-1-2-5-15(13)12-21/h1-6,8,11,16H,7,9-10,12H2,(H,20,24)(H,22,23)/t16-/m0/s1. The quantitative estimate of drug-likeness (QED) is 0.904. The summed E-state index contributed by atoms with van der Waals surface area (Å²) in [6.07, 6.45) is 3.83. The average molecular weight is 325 g/mol. The van der Waals surface area contributed by atoms with Crippen LogP contribution in [0.25, 0.3) is 0 Å². The molecule has 1 aromatic carbocycles. The van der Waals surface area contributed by atoms with Crippen LogP contribution in [0.2, 0.25) is 0 Å². The van der Waals surface area contributed by atoms with E-state index in [1.54, 1.807) is 29.4 Å². The molecule has 0 fully saturated rings. The van der Waals surface area contributed by atoms with Crippen LogP contribution in [0.4, 0.5) is 4.79 Å². The maximum Gasteiger partial charge on any atom is 0.318 e. The van der Waals surface area contributed by atoms with Gasteiger partial charge >= 0.3 is 12.0 Å². The van der Waals surface area contributed by atoms with E-state index >= 15 is 0 Å². The number of benzene rings is 1. The number of hydrogen-bond donors (Lipinski definition) is 2. The zero-order chi connectivity index (χ0) is 16.9. The van der Waals surface area contributed by atoms with Crippen molar-refractivity contribution in [3.8, 4) is 0 Å². The summed E-state index contributed by atoms with van der Waals surface area (Å²) >= 11 is 0. The third-order valence-corrected chi connectivity index (χ3v) is 4.18. The molecule has 1 aliphatic rings. The SMILES string of the molecule is O=C(O)C[C@H](NC(=O)N1CCc2ccccc2C1)c1cccnc1. The van der Waals surface area contributed by atoms with E-state index in [4.69, 9.17) is 5.11 Å². The summed E-state index contributed by atoms with van der Waals surface area (Å²) in [5.41, 5.74) is 3.08. The topological polar surface area (TPSA) is 82.5 Å². The fraction of sp³-hybridized carbons (Fsp3) is 0.278. The lowest BCUT2D eigenvalue weighted by atomic mass is 10.00. The molecule has 3 rings (SSSR count). The summed E-state index contributed by atoms with van der Waals surface area (Å²) in [5, 5.41) is 11.9. The number of carboxylic acids is 1. The number of aliphatic carboxylic acids is 1. The molecule has 6 nitrogen and oxygen atoms in total. The Morgan fingerprint density at radius 3 is 2.71 bits per heavy atom. The van der Waals surface area contributed by atoms with Crippen molar-refractivity contribution in [2.24, 2.45) is 0 Å². The molecule has 0 radical (unpaired) electrons. The number of amides is 2. The molecule has 2 N–H and O–H groups in total. The summed E-state index contributed by atoms with van der Waals surface area (Å²) in [6, 6.07) is 10.7. The van der Waals surface area contributed by atoms with E-state index < -0.39 is 12.0 Å². The molecule has 0 unspecified atom stereocenters. The van der Waals surface area contributed by atoms with Crippen molar-refractivity contribution >= 4 is 12.0 Å². The summed E-state index contributed by atoms with van der Waals surface area (Å²) in [7, 11) is 0. The summed E-state index contributed by atoms with van der Waals surface area (Å²) in [4.78, 5) is 29.4. The fourth-order valence-corrected chi connectivity index (χ4v) is 2.92. The number of urea groups is 1. The highest BCUT2D eigenvalue weighted by Gasteiger charge is 2.24. The van der Waals surface area contributed by atoms with Crippen molar-refractivity contribution in [2.45, 2.75) is 25.4 Å². The second-order valence-corrected chi connectivity index (χ2v) is 5.83. The normalized spacial score (nSPS) is 14.6. The molecule has 1 aromatic heterocycles. The van der Waals surface area contributed by atoms with Gasteiger partial charge in [0.15, 0.2) is 0 Å². The molecule has 0 saturated carbocycles. The first kappa shape index (κ1) is 16.0. The molecule has 6 heteroatoms.